The van der Waals surface area contributed by atoms with Crippen molar-refractivity contribution in [2.75, 3.05) is 0 Å². The number of fused-ring (bicyclic) bond motifs is 1. The number of ketones is 1. The first-order valence-electron chi connectivity index (χ1n) is 16.1. The molecule has 1 nitrogen and oxygen atoms in total. The minimum atomic E-state index is -1.06. The summed E-state index contributed by atoms with van der Waals surface area (Å²) in [4.78, 5) is 14.5. The molecule has 0 aliphatic heterocycles. The predicted octanol–water partition coefficient (Wildman–Crippen LogP) is 10.7. The van der Waals surface area contributed by atoms with E-state index in [1.807, 2.05) is 38.1 Å². The standard InChI is InChI=1S/C41H48F2O/c1-26-9-15-34(16-10-26)41(24-29-12-14-31-20-33(31)17-29,25-38(44)32-13-11-27(2)37(21-32)39(4,5)6)35-18-30(19-36(43)22-35)23-40(7,8)28(3)42/h9-19,21-22,28,31,33H,20,23-25H2,1-8H3/t28?,31?,33?,41-/m1/s1. The molecule has 44 heavy (non-hydrogen) atoms. The molecule has 0 aromatic heterocycles. The molecule has 0 spiro atoms. The lowest BCUT2D eigenvalue weighted by Crippen LogP contribution is -2.33. The summed E-state index contributed by atoms with van der Waals surface area (Å²) in [6, 6.07) is 19.5. The van der Waals surface area contributed by atoms with Gasteiger partial charge in [0.25, 0.3) is 0 Å². The van der Waals surface area contributed by atoms with Crippen LogP contribution in [0.5, 0.6) is 0 Å². The third-order valence-corrected chi connectivity index (χ3v) is 10.1. The summed E-state index contributed by atoms with van der Waals surface area (Å²) in [6.07, 6.45) is 8.12. The van der Waals surface area contributed by atoms with E-state index in [1.165, 1.54) is 11.6 Å². The van der Waals surface area contributed by atoms with Crippen molar-refractivity contribution >= 4 is 5.78 Å². The molecule has 1 fully saturated rings. The highest BCUT2D eigenvalue weighted by Crippen LogP contribution is 2.49. The summed E-state index contributed by atoms with van der Waals surface area (Å²) >= 11 is 0. The first kappa shape index (κ1) is 32.1. The van der Waals surface area contributed by atoms with Crippen LogP contribution < -0.4 is 0 Å². The summed E-state index contributed by atoms with van der Waals surface area (Å²) in [5, 5.41) is 0. The topological polar surface area (TPSA) is 17.1 Å². The normalized spacial score (nSPS) is 20.0. The zero-order valence-corrected chi connectivity index (χ0v) is 27.7. The second-order valence-corrected chi connectivity index (χ2v) is 15.3. The fourth-order valence-electron chi connectivity index (χ4n) is 6.88. The van der Waals surface area contributed by atoms with Gasteiger partial charge in [-0.2, -0.15) is 0 Å². The van der Waals surface area contributed by atoms with Gasteiger partial charge in [0.05, 0.1) is 0 Å². The smallest absolute Gasteiger partial charge is 0.164 e. The van der Waals surface area contributed by atoms with E-state index in [0.717, 1.165) is 39.8 Å². The number of benzene rings is 3. The molecule has 2 aliphatic carbocycles. The monoisotopic (exact) mass is 594 g/mol. The number of allylic oxidation sites excluding steroid dienone is 4. The Bertz CT molecular complexity index is 1600. The van der Waals surface area contributed by atoms with Crippen molar-refractivity contribution in [3.63, 3.8) is 0 Å². The van der Waals surface area contributed by atoms with Crippen LogP contribution in [0, 0.1) is 36.9 Å². The number of halogens is 2. The lowest BCUT2D eigenvalue weighted by molar-refractivity contribution is 0.0958. The Hall–Kier alpha value is -3.33. The Labute approximate surface area is 263 Å². The lowest BCUT2D eigenvalue weighted by atomic mass is 9.65. The van der Waals surface area contributed by atoms with Crippen LogP contribution in [-0.2, 0) is 17.3 Å². The molecule has 0 radical (unpaired) electrons. The van der Waals surface area contributed by atoms with Gasteiger partial charge in [0.2, 0.25) is 0 Å². The second-order valence-electron chi connectivity index (χ2n) is 15.3. The van der Waals surface area contributed by atoms with Crippen molar-refractivity contribution in [1.82, 2.24) is 0 Å². The Balaban J connectivity index is 1.69. The number of carbonyl (C=O) groups excluding carboxylic acids is 1. The van der Waals surface area contributed by atoms with Crippen molar-refractivity contribution in [3.05, 3.63) is 129 Å². The molecular weight excluding hydrogens is 546 g/mol. The molecule has 232 valence electrons. The van der Waals surface area contributed by atoms with Gasteiger partial charge < -0.3 is 0 Å². The van der Waals surface area contributed by atoms with E-state index in [2.05, 4.69) is 77.1 Å². The summed E-state index contributed by atoms with van der Waals surface area (Å²) < 4.78 is 30.2. The molecule has 3 heteroatoms. The summed E-state index contributed by atoms with van der Waals surface area (Å²) in [7, 11) is 0. The van der Waals surface area contributed by atoms with Gasteiger partial charge in [0.15, 0.2) is 5.78 Å². The molecule has 1 saturated carbocycles. The van der Waals surface area contributed by atoms with Gasteiger partial charge in [-0.05, 0) is 109 Å². The summed E-state index contributed by atoms with van der Waals surface area (Å²) in [6.45, 7) is 16.0. The van der Waals surface area contributed by atoms with Gasteiger partial charge in [0.1, 0.15) is 12.0 Å². The fourth-order valence-corrected chi connectivity index (χ4v) is 6.88. The highest BCUT2D eigenvalue weighted by Gasteiger charge is 2.41. The quantitative estimate of drug-likeness (QED) is 0.213. The summed E-state index contributed by atoms with van der Waals surface area (Å²) in [5.41, 5.74) is 6.21. The van der Waals surface area contributed by atoms with Crippen molar-refractivity contribution in [3.8, 4) is 0 Å². The van der Waals surface area contributed by atoms with Gasteiger partial charge in [-0.1, -0.05) is 106 Å². The Morgan fingerprint density at radius 3 is 2.23 bits per heavy atom. The van der Waals surface area contributed by atoms with Crippen molar-refractivity contribution in [2.24, 2.45) is 17.3 Å². The van der Waals surface area contributed by atoms with Crippen molar-refractivity contribution in [2.45, 2.75) is 98.1 Å². The van der Waals surface area contributed by atoms with E-state index in [4.69, 9.17) is 0 Å². The average molecular weight is 595 g/mol. The molecular formula is C41H48F2O. The molecule has 0 saturated heterocycles. The number of alkyl halides is 1. The Kier molecular flexibility index (Phi) is 8.66. The maximum absolute atomic E-state index is 15.6. The minimum absolute atomic E-state index is 0.0317. The van der Waals surface area contributed by atoms with E-state index in [9.17, 15) is 9.18 Å². The molecule has 3 aromatic carbocycles. The molecule has 3 aromatic rings. The zero-order valence-electron chi connectivity index (χ0n) is 27.7. The molecule has 0 N–H and O–H groups in total. The van der Waals surface area contributed by atoms with Crippen LogP contribution in [0.1, 0.15) is 105 Å². The van der Waals surface area contributed by atoms with E-state index in [0.29, 0.717) is 30.2 Å². The lowest BCUT2D eigenvalue weighted by Gasteiger charge is -2.37. The van der Waals surface area contributed by atoms with Crippen LogP contribution in [0.15, 0.2) is 84.5 Å². The number of hydrogen-bond acceptors (Lipinski definition) is 1. The van der Waals surface area contributed by atoms with Crippen LogP contribution in [0.3, 0.4) is 0 Å². The first-order valence-corrected chi connectivity index (χ1v) is 16.1. The molecule has 2 aliphatic rings. The zero-order chi connectivity index (χ0) is 32.0. The number of aryl methyl sites for hydroxylation is 2. The number of hydrogen-bond donors (Lipinski definition) is 0. The van der Waals surface area contributed by atoms with Gasteiger partial charge in [-0.3, -0.25) is 4.79 Å². The third kappa shape index (κ3) is 6.82. The van der Waals surface area contributed by atoms with Crippen LogP contribution in [0.2, 0.25) is 0 Å². The molecule has 0 amide bonds. The molecule has 3 unspecified atom stereocenters. The second kappa shape index (κ2) is 11.9. The predicted molar refractivity (Wildman–Crippen MR) is 179 cm³/mol. The molecule has 0 heterocycles. The van der Waals surface area contributed by atoms with Gasteiger partial charge >= 0.3 is 0 Å². The van der Waals surface area contributed by atoms with E-state index in [1.54, 1.807) is 13.0 Å². The molecule has 4 atom stereocenters. The van der Waals surface area contributed by atoms with Crippen LogP contribution >= 0.6 is 0 Å². The van der Waals surface area contributed by atoms with Crippen molar-refractivity contribution < 1.29 is 13.6 Å². The first-order chi connectivity index (χ1) is 20.6. The number of carbonyl (C=O) groups is 1. The van der Waals surface area contributed by atoms with Gasteiger partial charge in [-0.15, -0.1) is 0 Å². The maximum Gasteiger partial charge on any atom is 0.164 e. The Morgan fingerprint density at radius 1 is 0.886 bits per heavy atom. The highest BCUT2D eigenvalue weighted by molar-refractivity contribution is 5.97. The van der Waals surface area contributed by atoms with Crippen LogP contribution in [0.4, 0.5) is 8.78 Å². The van der Waals surface area contributed by atoms with Gasteiger partial charge in [-0.25, -0.2) is 8.78 Å². The fraction of sp³-hybridized carbons (Fsp3) is 0.439. The van der Waals surface area contributed by atoms with E-state index in [-0.39, 0.29) is 23.4 Å². The number of Topliss-reactive ketones (excluding diaryl/α,β-unsaturated/α-hetero) is 1. The van der Waals surface area contributed by atoms with Crippen molar-refractivity contribution in [1.29, 1.82) is 0 Å². The maximum atomic E-state index is 15.6. The van der Waals surface area contributed by atoms with E-state index >= 15 is 4.39 Å². The SMILES string of the molecule is Cc1ccc([C@](CC(=O)c2ccc(C)c(C(C)(C)C)c2)(CC2=CC3CC3C=C2)c2cc(F)cc(CC(C)(C)C(C)F)c2)cc1. The largest absolute Gasteiger partial charge is 0.294 e. The Morgan fingerprint density at radius 2 is 1.59 bits per heavy atom. The van der Waals surface area contributed by atoms with Crippen LogP contribution in [0.25, 0.3) is 0 Å². The molecule has 5 rings (SSSR count). The highest BCUT2D eigenvalue weighted by atomic mass is 19.1. The summed E-state index contributed by atoms with van der Waals surface area (Å²) in [5.74, 6) is 0.833. The third-order valence-electron chi connectivity index (χ3n) is 10.1. The average Bonchev–Trinajstić information content (AvgIpc) is 3.71. The minimum Gasteiger partial charge on any atom is -0.294 e. The van der Waals surface area contributed by atoms with Gasteiger partial charge in [0, 0.05) is 17.4 Å². The van der Waals surface area contributed by atoms with E-state index < -0.39 is 17.0 Å². The molecule has 0 bridgehead atoms. The van der Waals surface area contributed by atoms with Crippen LogP contribution in [-0.4, -0.2) is 12.0 Å². The number of rotatable bonds is 10.